The molecule has 4 rings (SSSR count). The predicted octanol–water partition coefficient (Wildman–Crippen LogP) is 5.28. The Morgan fingerprint density at radius 2 is 1.97 bits per heavy atom. The molecule has 3 aromatic rings. The van der Waals surface area contributed by atoms with Gasteiger partial charge < -0.3 is 5.32 Å². The van der Waals surface area contributed by atoms with Crippen LogP contribution in [0.15, 0.2) is 42.5 Å². The Hall–Kier alpha value is -3.10. The summed E-state index contributed by atoms with van der Waals surface area (Å²) in [6.07, 6.45) is 5.11. The predicted molar refractivity (Wildman–Crippen MR) is 122 cm³/mol. The molecule has 1 aliphatic rings. The number of amides is 1. The second-order valence-electron chi connectivity index (χ2n) is 8.13. The molecule has 0 aliphatic heterocycles. The topological polar surface area (TPSA) is 70.7 Å². The number of nitriles is 1. The molecule has 0 unspecified atom stereocenters. The van der Waals surface area contributed by atoms with Crippen LogP contribution < -0.4 is 5.32 Å². The molecule has 1 heterocycles. The maximum atomic E-state index is 12.9. The van der Waals surface area contributed by atoms with Crippen LogP contribution in [0.1, 0.15) is 64.1 Å². The largest absolute Gasteiger partial charge is 0.349 e. The molecule has 1 aromatic heterocycles. The zero-order chi connectivity index (χ0) is 22.0. The van der Waals surface area contributed by atoms with Crippen LogP contribution in [0.5, 0.6) is 0 Å². The molecule has 1 aliphatic carbocycles. The molecule has 1 amide bonds. The van der Waals surface area contributed by atoms with Gasteiger partial charge in [-0.15, -0.1) is 0 Å². The summed E-state index contributed by atoms with van der Waals surface area (Å²) in [7, 11) is 0. The Kier molecular flexibility index (Phi) is 6.11. The molecule has 1 saturated carbocycles. The fourth-order valence-electron chi connectivity index (χ4n) is 4.33. The van der Waals surface area contributed by atoms with E-state index in [1.54, 1.807) is 12.1 Å². The zero-order valence-electron chi connectivity index (χ0n) is 17.8. The Bertz CT molecular complexity index is 1170. The number of rotatable bonds is 5. The maximum Gasteiger partial charge on any atom is 0.251 e. The average Bonchev–Trinajstić information content (AvgIpc) is 3.37. The summed E-state index contributed by atoms with van der Waals surface area (Å²) in [4.78, 5) is 12.9. The van der Waals surface area contributed by atoms with Gasteiger partial charge >= 0.3 is 0 Å². The maximum absolute atomic E-state index is 12.9. The minimum absolute atomic E-state index is 0.00377. The quantitative estimate of drug-likeness (QED) is 0.596. The highest BCUT2D eigenvalue weighted by atomic mass is 35.5. The number of halogens is 1. The van der Waals surface area contributed by atoms with Gasteiger partial charge in [-0.05, 0) is 56.5 Å². The van der Waals surface area contributed by atoms with Gasteiger partial charge in [-0.25, -0.2) is 4.68 Å². The van der Waals surface area contributed by atoms with Crippen molar-refractivity contribution in [2.24, 2.45) is 0 Å². The molecule has 0 saturated heterocycles. The number of carbonyl (C=O) groups excluding carboxylic acids is 1. The number of aromatic nitrogens is 2. The first-order valence-corrected chi connectivity index (χ1v) is 11.0. The molecule has 0 atom stereocenters. The lowest BCUT2D eigenvalue weighted by Gasteiger charge is -2.15. The first-order valence-electron chi connectivity index (χ1n) is 10.6. The number of nitrogens with zero attached hydrogens (tertiary/aromatic N) is 3. The lowest BCUT2D eigenvalue weighted by atomic mass is 9.98. The van der Waals surface area contributed by atoms with Crippen molar-refractivity contribution in [1.82, 2.24) is 15.1 Å². The van der Waals surface area contributed by atoms with Gasteiger partial charge in [0, 0.05) is 29.3 Å². The molecule has 0 radical (unpaired) electrons. The van der Waals surface area contributed by atoms with Crippen LogP contribution in [0.4, 0.5) is 0 Å². The van der Waals surface area contributed by atoms with Gasteiger partial charge in [0.2, 0.25) is 0 Å². The van der Waals surface area contributed by atoms with E-state index in [4.69, 9.17) is 22.0 Å². The SMILES string of the molecule is Cc1nn(-c2ccc(C#N)c(Cl)c2)c(C)c1Cc1ccccc1C(=O)NC1CCCC1. The summed E-state index contributed by atoms with van der Waals surface area (Å²) in [5, 5.41) is 17.4. The highest BCUT2D eigenvalue weighted by molar-refractivity contribution is 6.31. The van der Waals surface area contributed by atoms with Gasteiger partial charge in [-0.2, -0.15) is 10.4 Å². The van der Waals surface area contributed by atoms with Crippen molar-refractivity contribution in [1.29, 1.82) is 5.26 Å². The van der Waals surface area contributed by atoms with E-state index >= 15 is 0 Å². The third-order valence-electron chi connectivity index (χ3n) is 6.08. The summed E-state index contributed by atoms with van der Waals surface area (Å²) < 4.78 is 1.85. The van der Waals surface area contributed by atoms with Crippen molar-refractivity contribution >= 4 is 17.5 Å². The van der Waals surface area contributed by atoms with Crippen LogP contribution >= 0.6 is 11.6 Å². The number of benzene rings is 2. The normalized spacial score (nSPS) is 13.9. The standard InChI is InChI=1S/C25H25ClN4O/c1-16-23(17(2)30(29-16)21-12-11-19(15-27)24(26)14-21)13-18-7-3-6-10-22(18)25(31)28-20-8-4-5-9-20/h3,6-7,10-12,14,20H,4-5,8-9,13H2,1-2H3,(H,28,31). The van der Waals surface area contributed by atoms with Crippen molar-refractivity contribution in [3.8, 4) is 11.8 Å². The van der Waals surface area contributed by atoms with E-state index in [0.29, 0.717) is 17.0 Å². The summed E-state index contributed by atoms with van der Waals surface area (Å²) in [5.74, 6) is 0.00377. The van der Waals surface area contributed by atoms with E-state index in [1.807, 2.05) is 48.9 Å². The van der Waals surface area contributed by atoms with Crippen molar-refractivity contribution in [3.05, 3.63) is 81.1 Å². The monoisotopic (exact) mass is 432 g/mol. The van der Waals surface area contributed by atoms with Crippen LogP contribution in [0.3, 0.4) is 0 Å². The number of hydrogen-bond donors (Lipinski definition) is 1. The second-order valence-corrected chi connectivity index (χ2v) is 8.53. The minimum Gasteiger partial charge on any atom is -0.349 e. The Labute approximate surface area is 187 Å². The number of nitrogens with one attached hydrogen (secondary N) is 1. The lowest BCUT2D eigenvalue weighted by molar-refractivity contribution is 0.0937. The van der Waals surface area contributed by atoms with Crippen molar-refractivity contribution in [2.75, 3.05) is 0 Å². The van der Waals surface area contributed by atoms with Crippen LogP contribution in [0.2, 0.25) is 5.02 Å². The Balaban J connectivity index is 1.63. The van der Waals surface area contributed by atoms with Crippen LogP contribution in [-0.4, -0.2) is 21.7 Å². The Morgan fingerprint density at radius 3 is 2.68 bits per heavy atom. The van der Waals surface area contributed by atoms with E-state index in [-0.39, 0.29) is 11.9 Å². The number of aryl methyl sites for hydroxylation is 1. The van der Waals surface area contributed by atoms with E-state index in [1.165, 1.54) is 12.8 Å². The molecular formula is C25H25ClN4O. The highest BCUT2D eigenvalue weighted by Gasteiger charge is 2.21. The molecular weight excluding hydrogens is 408 g/mol. The third kappa shape index (κ3) is 4.35. The highest BCUT2D eigenvalue weighted by Crippen LogP contribution is 2.26. The van der Waals surface area contributed by atoms with Gasteiger partial charge in [0.25, 0.3) is 5.91 Å². The molecule has 158 valence electrons. The molecule has 0 bridgehead atoms. The fourth-order valence-corrected chi connectivity index (χ4v) is 4.55. The van der Waals surface area contributed by atoms with Gasteiger partial charge in [0.05, 0.1) is 22.0 Å². The minimum atomic E-state index is 0.00377. The number of carbonyl (C=O) groups is 1. The zero-order valence-corrected chi connectivity index (χ0v) is 18.5. The summed E-state index contributed by atoms with van der Waals surface area (Å²) in [5.41, 5.74) is 5.94. The molecule has 2 aromatic carbocycles. The molecule has 0 spiro atoms. The van der Waals surface area contributed by atoms with E-state index in [0.717, 1.165) is 46.6 Å². The lowest BCUT2D eigenvalue weighted by Crippen LogP contribution is -2.33. The van der Waals surface area contributed by atoms with Crippen molar-refractivity contribution in [2.45, 2.75) is 52.0 Å². The van der Waals surface area contributed by atoms with Crippen LogP contribution in [0.25, 0.3) is 5.69 Å². The molecule has 1 N–H and O–H groups in total. The van der Waals surface area contributed by atoms with E-state index in [9.17, 15) is 4.79 Å². The van der Waals surface area contributed by atoms with Crippen molar-refractivity contribution in [3.63, 3.8) is 0 Å². The van der Waals surface area contributed by atoms with E-state index in [2.05, 4.69) is 11.4 Å². The van der Waals surface area contributed by atoms with Crippen molar-refractivity contribution < 1.29 is 4.79 Å². The number of hydrogen-bond acceptors (Lipinski definition) is 3. The Morgan fingerprint density at radius 1 is 1.23 bits per heavy atom. The molecule has 5 nitrogen and oxygen atoms in total. The molecule has 1 fully saturated rings. The summed E-state index contributed by atoms with van der Waals surface area (Å²) in [6, 6.07) is 15.5. The van der Waals surface area contributed by atoms with Gasteiger partial charge in [-0.3, -0.25) is 4.79 Å². The first-order chi connectivity index (χ1) is 15.0. The third-order valence-corrected chi connectivity index (χ3v) is 6.39. The van der Waals surface area contributed by atoms with Gasteiger partial charge in [0.15, 0.2) is 0 Å². The van der Waals surface area contributed by atoms with Gasteiger partial charge in [-0.1, -0.05) is 42.6 Å². The first kappa shape index (κ1) is 21.1. The molecule has 6 heteroatoms. The second kappa shape index (κ2) is 8.95. The van der Waals surface area contributed by atoms with E-state index < -0.39 is 0 Å². The summed E-state index contributed by atoms with van der Waals surface area (Å²) in [6.45, 7) is 3.99. The smallest absolute Gasteiger partial charge is 0.251 e. The van der Waals surface area contributed by atoms with Gasteiger partial charge in [0.1, 0.15) is 6.07 Å². The molecule has 31 heavy (non-hydrogen) atoms. The van der Waals surface area contributed by atoms with Crippen LogP contribution in [-0.2, 0) is 6.42 Å². The average molecular weight is 433 g/mol. The summed E-state index contributed by atoms with van der Waals surface area (Å²) >= 11 is 6.23. The fraction of sp³-hybridized carbons (Fsp3) is 0.320. The van der Waals surface area contributed by atoms with Crippen LogP contribution in [0, 0.1) is 25.2 Å².